The fraction of sp³-hybridized carbons (Fsp3) is 0.812. The van der Waals surface area contributed by atoms with Crippen LogP contribution in [0.25, 0.3) is 0 Å². The van der Waals surface area contributed by atoms with Gasteiger partial charge in [0.05, 0.1) is 0 Å². The van der Waals surface area contributed by atoms with E-state index < -0.39 is 0 Å². The van der Waals surface area contributed by atoms with Crippen molar-refractivity contribution in [3.63, 3.8) is 0 Å². The molecule has 0 bridgehead atoms. The lowest BCUT2D eigenvalue weighted by Crippen LogP contribution is -2.57. The van der Waals surface area contributed by atoms with Crippen molar-refractivity contribution in [2.45, 2.75) is 58.0 Å². The van der Waals surface area contributed by atoms with E-state index in [0.717, 1.165) is 19.4 Å². The number of aryl methyl sites for hydroxylation is 2. The number of rotatable bonds is 7. The maximum atomic E-state index is 4.27. The highest BCUT2D eigenvalue weighted by atomic mass is 15.3. The minimum atomic E-state index is 0.227. The summed E-state index contributed by atoms with van der Waals surface area (Å²) in [7, 11) is 2.03. The second-order valence-electron chi connectivity index (χ2n) is 6.44. The van der Waals surface area contributed by atoms with E-state index in [2.05, 4.69) is 42.2 Å². The third kappa shape index (κ3) is 3.41. The maximum absolute atomic E-state index is 4.27. The van der Waals surface area contributed by atoms with Crippen molar-refractivity contribution < 1.29 is 0 Å². The number of aromatic nitrogens is 2. The molecule has 1 saturated heterocycles. The summed E-state index contributed by atoms with van der Waals surface area (Å²) in [6, 6.07) is 2.66. The highest BCUT2D eigenvalue weighted by Gasteiger charge is 2.35. The largest absolute Gasteiger partial charge is 0.312 e. The molecule has 20 heavy (non-hydrogen) atoms. The van der Waals surface area contributed by atoms with Gasteiger partial charge in [0.2, 0.25) is 0 Å². The predicted molar refractivity (Wildman–Crippen MR) is 83.9 cm³/mol. The molecular formula is C16H30N4. The smallest absolute Gasteiger partial charge is 0.0492 e. The van der Waals surface area contributed by atoms with Crippen LogP contribution in [0.1, 0.15) is 45.7 Å². The van der Waals surface area contributed by atoms with Crippen molar-refractivity contribution in [3.05, 3.63) is 18.0 Å². The highest BCUT2D eigenvalue weighted by molar-refractivity contribution is 5.03. The fourth-order valence-corrected chi connectivity index (χ4v) is 3.40. The van der Waals surface area contributed by atoms with Gasteiger partial charge in [-0.1, -0.05) is 6.92 Å². The molecule has 2 heterocycles. The van der Waals surface area contributed by atoms with Gasteiger partial charge in [-0.2, -0.15) is 5.10 Å². The molecule has 1 aromatic heterocycles. The van der Waals surface area contributed by atoms with Crippen LogP contribution in [0.4, 0.5) is 0 Å². The van der Waals surface area contributed by atoms with Gasteiger partial charge in [0.15, 0.2) is 0 Å². The Morgan fingerprint density at radius 2 is 2.05 bits per heavy atom. The van der Waals surface area contributed by atoms with Gasteiger partial charge in [-0.3, -0.25) is 9.58 Å². The number of hydrogen-bond acceptors (Lipinski definition) is 3. The van der Waals surface area contributed by atoms with E-state index in [4.69, 9.17) is 0 Å². The topological polar surface area (TPSA) is 33.1 Å². The number of nitrogens with one attached hydrogen (secondary N) is 1. The molecule has 4 nitrogen and oxygen atoms in total. The second kappa shape index (κ2) is 6.72. The maximum Gasteiger partial charge on any atom is 0.0492 e. The molecule has 4 heteroatoms. The summed E-state index contributed by atoms with van der Waals surface area (Å²) in [5.74, 6) is 0. The van der Waals surface area contributed by atoms with Crippen molar-refractivity contribution in [2.75, 3.05) is 19.6 Å². The summed E-state index contributed by atoms with van der Waals surface area (Å²) in [4.78, 5) is 2.66. The van der Waals surface area contributed by atoms with Gasteiger partial charge < -0.3 is 5.32 Å². The van der Waals surface area contributed by atoms with E-state index >= 15 is 0 Å². The van der Waals surface area contributed by atoms with Crippen molar-refractivity contribution in [1.29, 1.82) is 0 Å². The van der Waals surface area contributed by atoms with E-state index in [-0.39, 0.29) is 5.54 Å². The average Bonchev–Trinajstić information content (AvgIpc) is 3.06. The summed E-state index contributed by atoms with van der Waals surface area (Å²) in [5.41, 5.74) is 1.55. The first-order valence-electron chi connectivity index (χ1n) is 8.01. The van der Waals surface area contributed by atoms with Crippen LogP contribution in [0.15, 0.2) is 12.3 Å². The van der Waals surface area contributed by atoms with Crippen LogP contribution >= 0.6 is 0 Å². The standard InChI is InChI=1S/C16H30N4/c1-5-17-15(9-8-14-10-11-18-19(14)4)16(2,3)20-12-6-7-13-20/h10-11,15,17H,5-9,12-13H2,1-4H3. The van der Waals surface area contributed by atoms with Crippen LogP contribution in [0.2, 0.25) is 0 Å². The summed E-state index contributed by atoms with van der Waals surface area (Å²) < 4.78 is 1.99. The van der Waals surface area contributed by atoms with Crippen LogP contribution < -0.4 is 5.32 Å². The third-order valence-electron chi connectivity index (χ3n) is 4.84. The Labute approximate surface area is 123 Å². The van der Waals surface area contributed by atoms with Crippen LogP contribution in [-0.2, 0) is 13.5 Å². The average molecular weight is 278 g/mol. The van der Waals surface area contributed by atoms with E-state index in [1.807, 2.05) is 17.9 Å². The Bertz CT molecular complexity index is 404. The molecule has 1 unspecified atom stereocenters. The zero-order valence-corrected chi connectivity index (χ0v) is 13.5. The Balaban J connectivity index is 2.00. The minimum absolute atomic E-state index is 0.227. The van der Waals surface area contributed by atoms with Gasteiger partial charge in [-0.25, -0.2) is 0 Å². The van der Waals surface area contributed by atoms with Crippen LogP contribution in [-0.4, -0.2) is 45.9 Å². The molecule has 1 fully saturated rings. The number of hydrogen-bond donors (Lipinski definition) is 1. The zero-order valence-electron chi connectivity index (χ0n) is 13.5. The van der Waals surface area contributed by atoms with Crippen molar-refractivity contribution in [3.8, 4) is 0 Å². The van der Waals surface area contributed by atoms with Crippen LogP contribution in [0.5, 0.6) is 0 Å². The molecule has 0 aromatic carbocycles. The Kier molecular flexibility index (Phi) is 5.22. The van der Waals surface area contributed by atoms with Crippen molar-refractivity contribution >= 4 is 0 Å². The van der Waals surface area contributed by atoms with Gasteiger partial charge in [-0.05, 0) is 65.2 Å². The first kappa shape index (κ1) is 15.5. The highest BCUT2D eigenvalue weighted by Crippen LogP contribution is 2.26. The molecule has 0 radical (unpaired) electrons. The summed E-state index contributed by atoms with van der Waals surface area (Å²) in [6.07, 6.45) is 6.85. The zero-order chi connectivity index (χ0) is 14.6. The Hall–Kier alpha value is -0.870. The van der Waals surface area contributed by atoms with Gasteiger partial charge >= 0.3 is 0 Å². The van der Waals surface area contributed by atoms with E-state index in [0.29, 0.717) is 6.04 Å². The van der Waals surface area contributed by atoms with Gasteiger partial charge in [-0.15, -0.1) is 0 Å². The van der Waals surface area contributed by atoms with E-state index in [1.54, 1.807) is 0 Å². The molecule has 0 spiro atoms. The van der Waals surface area contributed by atoms with E-state index in [9.17, 15) is 0 Å². The van der Waals surface area contributed by atoms with Gasteiger partial charge in [0, 0.05) is 30.5 Å². The minimum Gasteiger partial charge on any atom is -0.312 e. The number of likely N-dealkylation sites (N-methyl/N-ethyl adjacent to an activating group) is 1. The van der Waals surface area contributed by atoms with Crippen molar-refractivity contribution in [2.24, 2.45) is 7.05 Å². The normalized spacial score (nSPS) is 18.6. The second-order valence-corrected chi connectivity index (χ2v) is 6.44. The number of nitrogens with zero attached hydrogens (tertiary/aromatic N) is 3. The lowest BCUT2D eigenvalue weighted by Gasteiger charge is -2.42. The lowest BCUT2D eigenvalue weighted by molar-refractivity contribution is 0.103. The summed E-state index contributed by atoms with van der Waals surface area (Å²) >= 11 is 0. The number of likely N-dealkylation sites (tertiary alicyclic amines) is 1. The quantitative estimate of drug-likeness (QED) is 0.830. The molecule has 0 saturated carbocycles. The van der Waals surface area contributed by atoms with E-state index in [1.165, 1.54) is 31.6 Å². The molecule has 1 atom stereocenters. The molecular weight excluding hydrogens is 248 g/mol. The molecule has 1 N–H and O–H groups in total. The first-order chi connectivity index (χ1) is 9.55. The van der Waals surface area contributed by atoms with Crippen LogP contribution in [0, 0.1) is 0 Å². The molecule has 2 rings (SSSR count). The predicted octanol–water partition coefficient (Wildman–Crippen LogP) is 2.21. The van der Waals surface area contributed by atoms with Gasteiger partial charge in [0.25, 0.3) is 0 Å². The molecule has 1 aromatic rings. The molecule has 114 valence electrons. The Morgan fingerprint density at radius 1 is 1.35 bits per heavy atom. The van der Waals surface area contributed by atoms with Crippen LogP contribution in [0.3, 0.4) is 0 Å². The summed E-state index contributed by atoms with van der Waals surface area (Å²) in [5, 5.41) is 7.98. The van der Waals surface area contributed by atoms with Crippen molar-refractivity contribution in [1.82, 2.24) is 20.0 Å². The summed E-state index contributed by atoms with van der Waals surface area (Å²) in [6.45, 7) is 10.5. The third-order valence-corrected chi connectivity index (χ3v) is 4.84. The monoisotopic (exact) mass is 278 g/mol. The molecule has 1 aliphatic rings. The first-order valence-corrected chi connectivity index (χ1v) is 8.01. The molecule has 0 amide bonds. The SMILES string of the molecule is CCNC(CCc1ccnn1C)C(C)(C)N1CCCC1. The molecule has 0 aliphatic carbocycles. The molecule has 1 aliphatic heterocycles. The Morgan fingerprint density at radius 3 is 2.60 bits per heavy atom. The lowest BCUT2D eigenvalue weighted by atomic mass is 9.88. The van der Waals surface area contributed by atoms with Gasteiger partial charge in [0.1, 0.15) is 0 Å². The fourth-order valence-electron chi connectivity index (χ4n) is 3.40.